The van der Waals surface area contributed by atoms with Crippen LogP contribution >= 0.6 is 0 Å². The fourth-order valence-electron chi connectivity index (χ4n) is 1.17. The monoisotopic (exact) mass is 273 g/mol. The lowest BCUT2D eigenvalue weighted by Gasteiger charge is -2.20. The lowest BCUT2D eigenvalue weighted by atomic mass is 10.1. The first-order valence-corrected chi connectivity index (χ1v) is 6.75. The van der Waals surface area contributed by atoms with Gasteiger partial charge in [0.05, 0.1) is 12.5 Å². The standard InChI is InChI=1S/C14H27NO4/c1-10(2)7-8-18-12(16)11(3)9-15-13(17)19-14(4,5)6/h10-11H,7-9H2,1-6H3,(H,15,17). The van der Waals surface area contributed by atoms with Gasteiger partial charge in [0.25, 0.3) is 0 Å². The number of nitrogens with one attached hydrogen (secondary N) is 1. The van der Waals surface area contributed by atoms with Crippen LogP contribution in [0.4, 0.5) is 4.79 Å². The fourth-order valence-corrected chi connectivity index (χ4v) is 1.17. The lowest BCUT2D eigenvalue weighted by Crippen LogP contribution is -2.36. The smallest absolute Gasteiger partial charge is 0.407 e. The molecule has 112 valence electrons. The van der Waals surface area contributed by atoms with Gasteiger partial charge in [0.1, 0.15) is 5.60 Å². The lowest BCUT2D eigenvalue weighted by molar-refractivity contribution is -0.148. The number of alkyl carbamates (subject to hydrolysis) is 1. The summed E-state index contributed by atoms with van der Waals surface area (Å²) in [6, 6.07) is 0. The number of amides is 1. The van der Waals surface area contributed by atoms with Gasteiger partial charge in [-0.2, -0.15) is 0 Å². The second kappa shape index (κ2) is 8.02. The van der Waals surface area contributed by atoms with E-state index in [0.29, 0.717) is 12.5 Å². The first-order chi connectivity index (χ1) is 8.61. The predicted octanol–water partition coefficient (Wildman–Crippen LogP) is 2.74. The normalized spacial score (nSPS) is 13.0. The summed E-state index contributed by atoms with van der Waals surface area (Å²) in [6.45, 7) is 11.9. The van der Waals surface area contributed by atoms with Crippen molar-refractivity contribution in [1.29, 1.82) is 0 Å². The summed E-state index contributed by atoms with van der Waals surface area (Å²) in [7, 11) is 0. The van der Waals surface area contributed by atoms with Crippen LogP contribution in [0.1, 0.15) is 48.0 Å². The maximum Gasteiger partial charge on any atom is 0.407 e. The molecule has 1 unspecified atom stereocenters. The van der Waals surface area contributed by atoms with Crippen molar-refractivity contribution in [2.45, 2.75) is 53.6 Å². The van der Waals surface area contributed by atoms with Gasteiger partial charge in [0.15, 0.2) is 0 Å². The Morgan fingerprint density at radius 3 is 2.21 bits per heavy atom. The first-order valence-electron chi connectivity index (χ1n) is 6.75. The van der Waals surface area contributed by atoms with Crippen LogP contribution in [-0.2, 0) is 14.3 Å². The van der Waals surface area contributed by atoms with Crippen LogP contribution in [0.25, 0.3) is 0 Å². The quantitative estimate of drug-likeness (QED) is 0.756. The minimum atomic E-state index is -0.537. The molecule has 0 heterocycles. The van der Waals surface area contributed by atoms with Crippen molar-refractivity contribution >= 4 is 12.1 Å². The molecule has 0 aliphatic carbocycles. The Morgan fingerprint density at radius 2 is 1.74 bits per heavy atom. The molecule has 0 aliphatic heterocycles. The van der Waals surface area contributed by atoms with E-state index in [2.05, 4.69) is 19.2 Å². The summed E-state index contributed by atoms with van der Waals surface area (Å²) in [4.78, 5) is 23.0. The number of hydrogen-bond donors (Lipinski definition) is 1. The Labute approximate surface area is 116 Å². The predicted molar refractivity (Wildman–Crippen MR) is 73.8 cm³/mol. The van der Waals surface area contributed by atoms with E-state index in [0.717, 1.165) is 6.42 Å². The van der Waals surface area contributed by atoms with Crippen molar-refractivity contribution < 1.29 is 19.1 Å². The molecule has 1 atom stereocenters. The average molecular weight is 273 g/mol. The zero-order valence-electron chi connectivity index (χ0n) is 12.9. The van der Waals surface area contributed by atoms with E-state index in [1.54, 1.807) is 27.7 Å². The molecule has 0 rings (SSSR count). The zero-order chi connectivity index (χ0) is 15.1. The molecule has 1 N–H and O–H groups in total. The van der Waals surface area contributed by atoms with Gasteiger partial charge in [-0.25, -0.2) is 4.79 Å². The SMILES string of the molecule is CC(C)CCOC(=O)C(C)CNC(=O)OC(C)(C)C. The van der Waals surface area contributed by atoms with E-state index in [1.165, 1.54) is 0 Å². The Morgan fingerprint density at radius 1 is 1.16 bits per heavy atom. The molecule has 19 heavy (non-hydrogen) atoms. The molecule has 0 saturated heterocycles. The molecule has 0 spiro atoms. The molecule has 5 nitrogen and oxygen atoms in total. The first kappa shape index (κ1) is 17.7. The fraction of sp³-hybridized carbons (Fsp3) is 0.857. The van der Waals surface area contributed by atoms with Crippen LogP contribution in [0.3, 0.4) is 0 Å². The maximum atomic E-state index is 11.6. The van der Waals surface area contributed by atoms with Gasteiger partial charge in [-0.15, -0.1) is 0 Å². The minimum absolute atomic E-state index is 0.218. The molecule has 1 amide bonds. The van der Waals surface area contributed by atoms with E-state index in [-0.39, 0.29) is 18.4 Å². The highest BCUT2D eigenvalue weighted by atomic mass is 16.6. The number of carbonyl (C=O) groups excluding carboxylic acids is 2. The van der Waals surface area contributed by atoms with Crippen LogP contribution in [0.5, 0.6) is 0 Å². The van der Waals surface area contributed by atoms with Crippen LogP contribution in [0.2, 0.25) is 0 Å². The van der Waals surface area contributed by atoms with E-state index in [4.69, 9.17) is 9.47 Å². The largest absolute Gasteiger partial charge is 0.465 e. The maximum absolute atomic E-state index is 11.6. The van der Waals surface area contributed by atoms with E-state index in [1.807, 2.05) is 0 Å². The summed E-state index contributed by atoms with van der Waals surface area (Å²) >= 11 is 0. The third kappa shape index (κ3) is 10.4. The molecular weight excluding hydrogens is 246 g/mol. The molecule has 0 aromatic carbocycles. The van der Waals surface area contributed by atoms with Gasteiger partial charge in [0, 0.05) is 6.54 Å². The third-order valence-corrected chi connectivity index (χ3v) is 2.29. The minimum Gasteiger partial charge on any atom is -0.465 e. The zero-order valence-corrected chi connectivity index (χ0v) is 12.9. The van der Waals surface area contributed by atoms with E-state index in [9.17, 15) is 9.59 Å². The van der Waals surface area contributed by atoms with Crippen molar-refractivity contribution in [2.24, 2.45) is 11.8 Å². The summed E-state index contributed by atoms with van der Waals surface area (Å²) in [5.41, 5.74) is -0.537. The van der Waals surface area contributed by atoms with Crippen LogP contribution in [-0.4, -0.2) is 30.8 Å². The van der Waals surface area contributed by atoms with Crippen LogP contribution in [0.15, 0.2) is 0 Å². The Kier molecular flexibility index (Phi) is 7.49. The Hall–Kier alpha value is -1.26. The average Bonchev–Trinajstić information content (AvgIpc) is 2.22. The van der Waals surface area contributed by atoms with Gasteiger partial charge in [-0.1, -0.05) is 20.8 Å². The molecule has 0 radical (unpaired) electrons. The highest BCUT2D eigenvalue weighted by Gasteiger charge is 2.19. The molecule has 0 bridgehead atoms. The van der Waals surface area contributed by atoms with Gasteiger partial charge in [0.2, 0.25) is 0 Å². The second-order valence-electron chi connectivity index (χ2n) is 6.13. The molecular formula is C14H27NO4. The topological polar surface area (TPSA) is 64.6 Å². The van der Waals surface area contributed by atoms with Gasteiger partial charge >= 0.3 is 12.1 Å². The van der Waals surface area contributed by atoms with Crippen molar-refractivity contribution in [3.8, 4) is 0 Å². The van der Waals surface area contributed by atoms with Crippen molar-refractivity contribution in [1.82, 2.24) is 5.32 Å². The third-order valence-electron chi connectivity index (χ3n) is 2.29. The van der Waals surface area contributed by atoms with Crippen LogP contribution < -0.4 is 5.32 Å². The second-order valence-corrected chi connectivity index (χ2v) is 6.13. The van der Waals surface area contributed by atoms with Crippen molar-refractivity contribution in [3.05, 3.63) is 0 Å². The number of esters is 1. The molecule has 0 fully saturated rings. The Balaban J connectivity index is 3.87. The Bertz CT molecular complexity index is 294. The molecule has 0 aromatic heterocycles. The molecule has 5 heteroatoms. The molecule has 0 saturated carbocycles. The van der Waals surface area contributed by atoms with Crippen molar-refractivity contribution in [3.63, 3.8) is 0 Å². The van der Waals surface area contributed by atoms with Gasteiger partial charge in [-0.3, -0.25) is 4.79 Å². The molecule has 0 aromatic rings. The highest BCUT2D eigenvalue weighted by molar-refractivity contribution is 5.74. The van der Waals surface area contributed by atoms with E-state index < -0.39 is 11.7 Å². The summed E-state index contributed by atoms with van der Waals surface area (Å²) < 4.78 is 10.2. The van der Waals surface area contributed by atoms with Gasteiger partial charge < -0.3 is 14.8 Å². The number of hydrogen-bond acceptors (Lipinski definition) is 4. The van der Waals surface area contributed by atoms with E-state index >= 15 is 0 Å². The van der Waals surface area contributed by atoms with Gasteiger partial charge in [-0.05, 0) is 33.1 Å². The van der Waals surface area contributed by atoms with Crippen molar-refractivity contribution in [2.75, 3.05) is 13.2 Å². The molecule has 0 aliphatic rings. The number of carbonyl (C=O) groups is 2. The summed E-state index contributed by atoms with van der Waals surface area (Å²) in [6.07, 6.45) is 0.326. The summed E-state index contributed by atoms with van der Waals surface area (Å²) in [5, 5.41) is 2.56. The number of rotatable bonds is 6. The highest BCUT2D eigenvalue weighted by Crippen LogP contribution is 2.07. The number of ether oxygens (including phenoxy) is 2. The van der Waals surface area contributed by atoms with Crippen LogP contribution in [0, 0.1) is 11.8 Å². The summed E-state index contributed by atoms with van der Waals surface area (Å²) in [5.74, 6) is -0.167.